The second kappa shape index (κ2) is 6.22. The lowest BCUT2D eigenvalue weighted by Crippen LogP contribution is -2.11. The van der Waals surface area contributed by atoms with E-state index < -0.39 is 0 Å². The first-order valence-electron chi connectivity index (χ1n) is 4.98. The molecule has 0 saturated carbocycles. The summed E-state index contributed by atoms with van der Waals surface area (Å²) in [6.45, 7) is 4.18. The third-order valence-corrected chi connectivity index (χ3v) is 2.12. The topological polar surface area (TPSA) is 55.5 Å². The Labute approximate surface area is 90.2 Å². The molecule has 0 radical (unpaired) electrons. The minimum Gasteiger partial charge on any atom is -0.490 e. The molecule has 1 unspecified atom stereocenters. The predicted molar refractivity (Wildman–Crippen MR) is 60.8 cm³/mol. The van der Waals surface area contributed by atoms with E-state index >= 15 is 0 Å². The first-order valence-corrected chi connectivity index (χ1v) is 4.98. The van der Waals surface area contributed by atoms with E-state index in [9.17, 15) is 0 Å². The molecule has 15 heavy (non-hydrogen) atoms. The molecule has 0 fully saturated rings. The highest BCUT2D eigenvalue weighted by atomic mass is 16.5. The molecule has 3 N–H and O–H groups in total. The quantitative estimate of drug-likeness (QED) is 0.697. The van der Waals surface area contributed by atoms with Crippen LogP contribution in [0.15, 0.2) is 36.9 Å². The van der Waals surface area contributed by atoms with Crippen LogP contribution in [-0.4, -0.2) is 18.3 Å². The van der Waals surface area contributed by atoms with E-state index in [1.54, 1.807) is 6.08 Å². The highest BCUT2D eigenvalue weighted by Gasteiger charge is 2.04. The highest BCUT2D eigenvalue weighted by molar-refractivity contribution is 5.29. The van der Waals surface area contributed by atoms with Gasteiger partial charge in [-0.1, -0.05) is 24.8 Å². The molecule has 0 aromatic heterocycles. The van der Waals surface area contributed by atoms with E-state index in [0.717, 1.165) is 11.3 Å². The molecule has 1 aromatic carbocycles. The molecule has 82 valence electrons. The predicted octanol–water partition coefficient (Wildman–Crippen LogP) is 1.63. The summed E-state index contributed by atoms with van der Waals surface area (Å²) >= 11 is 0. The Kier molecular flexibility index (Phi) is 4.87. The molecule has 3 nitrogen and oxygen atoms in total. The zero-order chi connectivity index (χ0) is 11.1. The molecule has 1 rings (SSSR count). The van der Waals surface area contributed by atoms with Gasteiger partial charge in [0.15, 0.2) is 0 Å². The van der Waals surface area contributed by atoms with Crippen molar-refractivity contribution in [2.45, 2.75) is 12.5 Å². The van der Waals surface area contributed by atoms with Crippen LogP contribution in [0.4, 0.5) is 0 Å². The molecule has 0 bridgehead atoms. The van der Waals surface area contributed by atoms with Crippen molar-refractivity contribution in [2.24, 2.45) is 5.73 Å². The minimum atomic E-state index is -0.108. The van der Waals surface area contributed by atoms with Gasteiger partial charge in [-0.2, -0.15) is 0 Å². The van der Waals surface area contributed by atoms with Crippen LogP contribution in [0.3, 0.4) is 0 Å². The van der Waals surface area contributed by atoms with Gasteiger partial charge in [0, 0.05) is 12.6 Å². The number of hydrogen-bond donors (Lipinski definition) is 2. The lowest BCUT2D eigenvalue weighted by atomic mass is 10.1. The van der Waals surface area contributed by atoms with Crippen molar-refractivity contribution in [1.29, 1.82) is 0 Å². The van der Waals surface area contributed by atoms with E-state index in [2.05, 4.69) is 6.58 Å². The SMILES string of the molecule is C=CCOc1ccc(C(N)CCO)cc1. The summed E-state index contributed by atoms with van der Waals surface area (Å²) in [6, 6.07) is 7.47. The van der Waals surface area contributed by atoms with E-state index in [-0.39, 0.29) is 12.6 Å². The van der Waals surface area contributed by atoms with Crippen LogP contribution in [0.1, 0.15) is 18.0 Å². The summed E-state index contributed by atoms with van der Waals surface area (Å²) in [5.41, 5.74) is 6.85. The number of aliphatic hydroxyl groups excluding tert-OH is 1. The van der Waals surface area contributed by atoms with Gasteiger partial charge in [-0.25, -0.2) is 0 Å². The molecule has 1 aromatic rings. The summed E-state index contributed by atoms with van der Waals surface area (Å²) < 4.78 is 5.34. The van der Waals surface area contributed by atoms with Gasteiger partial charge in [-0.15, -0.1) is 0 Å². The first-order chi connectivity index (χ1) is 7.27. The molecule has 0 saturated heterocycles. The number of nitrogens with two attached hydrogens (primary N) is 1. The molecule has 3 heteroatoms. The van der Waals surface area contributed by atoms with Crippen molar-refractivity contribution in [2.75, 3.05) is 13.2 Å². The van der Waals surface area contributed by atoms with Crippen molar-refractivity contribution < 1.29 is 9.84 Å². The van der Waals surface area contributed by atoms with Crippen molar-refractivity contribution in [1.82, 2.24) is 0 Å². The monoisotopic (exact) mass is 207 g/mol. The maximum atomic E-state index is 8.75. The van der Waals surface area contributed by atoms with Gasteiger partial charge < -0.3 is 15.6 Å². The summed E-state index contributed by atoms with van der Waals surface area (Å²) in [6.07, 6.45) is 2.28. The third kappa shape index (κ3) is 3.73. The molecule has 0 heterocycles. The maximum absolute atomic E-state index is 8.75. The lowest BCUT2D eigenvalue weighted by molar-refractivity contribution is 0.276. The molecule has 0 spiro atoms. The minimum absolute atomic E-state index is 0.107. The van der Waals surface area contributed by atoms with Gasteiger partial charge in [0.25, 0.3) is 0 Å². The van der Waals surface area contributed by atoms with Crippen LogP contribution >= 0.6 is 0 Å². The molecule has 0 aliphatic carbocycles. The Morgan fingerprint density at radius 1 is 1.40 bits per heavy atom. The van der Waals surface area contributed by atoms with Crippen LogP contribution in [-0.2, 0) is 0 Å². The van der Waals surface area contributed by atoms with E-state index in [4.69, 9.17) is 15.6 Å². The zero-order valence-electron chi connectivity index (χ0n) is 8.73. The number of rotatable bonds is 6. The zero-order valence-corrected chi connectivity index (χ0v) is 8.73. The fourth-order valence-corrected chi connectivity index (χ4v) is 1.27. The van der Waals surface area contributed by atoms with E-state index in [0.29, 0.717) is 13.0 Å². The smallest absolute Gasteiger partial charge is 0.119 e. The summed E-state index contributed by atoms with van der Waals surface area (Å²) in [4.78, 5) is 0. The van der Waals surface area contributed by atoms with Crippen LogP contribution in [0.2, 0.25) is 0 Å². The molecular weight excluding hydrogens is 190 g/mol. The Morgan fingerprint density at radius 3 is 2.60 bits per heavy atom. The Morgan fingerprint density at radius 2 is 2.07 bits per heavy atom. The van der Waals surface area contributed by atoms with Crippen LogP contribution in [0.25, 0.3) is 0 Å². The second-order valence-electron chi connectivity index (χ2n) is 3.29. The van der Waals surface area contributed by atoms with Crippen LogP contribution in [0, 0.1) is 0 Å². The van der Waals surface area contributed by atoms with Crippen molar-refractivity contribution in [3.05, 3.63) is 42.5 Å². The van der Waals surface area contributed by atoms with Crippen molar-refractivity contribution in [3.63, 3.8) is 0 Å². The lowest BCUT2D eigenvalue weighted by Gasteiger charge is -2.11. The van der Waals surface area contributed by atoms with Gasteiger partial charge in [-0.05, 0) is 24.1 Å². The van der Waals surface area contributed by atoms with Gasteiger partial charge >= 0.3 is 0 Å². The maximum Gasteiger partial charge on any atom is 0.119 e. The molecular formula is C12H17NO2. The van der Waals surface area contributed by atoms with E-state index in [1.165, 1.54) is 0 Å². The number of hydrogen-bond acceptors (Lipinski definition) is 3. The average Bonchev–Trinajstić information content (AvgIpc) is 2.27. The third-order valence-electron chi connectivity index (χ3n) is 2.12. The van der Waals surface area contributed by atoms with Gasteiger partial charge in [0.1, 0.15) is 12.4 Å². The van der Waals surface area contributed by atoms with Crippen molar-refractivity contribution in [3.8, 4) is 5.75 Å². The standard InChI is InChI=1S/C12H17NO2/c1-2-9-15-11-5-3-10(4-6-11)12(13)7-8-14/h2-6,12,14H,1,7-9,13H2. The number of ether oxygens (including phenoxy) is 1. The largest absolute Gasteiger partial charge is 0.490 e. The highest BCUT2D eigenvalue weighted by Crippen LogP contribution is 2.18. The van der Waals surface area contributed by atoms with Gasteiger partial charge in [0.2, 0.25) is 0 Å². The Hall–Kier alpha value is -1.32. The van der Waals surface area contributed by atoms with E-state index in [1.807, 2.05) is 24.3 Å². The van der Waals surface area contributed by atoms with Crippen molar-refractivity contribution >= 4 is 0 Å². The molecule has 1 atom stereocenters. The Bertz CT molecular complexity index is 295. The Balaban J connectivity index is 2.58. The van der Waals surface area contributed by atoms with Gasteiger partial charge in [0.05, 0.1) is 0 Å². The second-order valence-corrected chi connectivity index (χ2v) is 3.29. The van der Waals surface area contributed by atoms with Crippen LogP contribution in [0.5, 0.6) is 5.75 Å². The molecule has 0 aliphatic rings. The molecule has 0 aliphatic heterocycles. The first kappa shape index (κ1) is 11.8. The summed E-state index contributed by atoms with van der Waals surface area (Å²) in [5.74, 6) is 0.801. The normalized spacial score (nSPS) is 12.1. The van der Waals surface area contributed by atoms with Gasteiger partial charge in [-0.3, -0.25) is 0 Å². The average molecular weight is 207 g/mol. The summed E-state index contributed by atoms with van der Waals surface area (Å²) in [5, 5.41) is 8.75. The fourth-order valence-electron chi connectivity index (χ4n) is 1.27. The fraction of sp³-hybridized carbons (Fsp3) is 0.333. The number of benzene rings is 1. The summed E-state index contributed by atoms with van der Waals surface area (Å²) in [7, 11) is 0. The number of aliphatic hydroxyl groups is 1. The molecule has 0 amide bonds. The van der Waals surface area contributed by atoms with Crippen LogP contribution < -0.4 is 10.5 Å².